The summed E-state index contributed by atoms with van der Waals surface area (Å²) in [5, 5.41) is 9.93. The molecule has 3 aromatic rings. The lowest BCUT2D eigenvalue weighted by molar-refractivity contribution is 0.0556. The largest absolute Gasteiger partial charge is 0.488 e. The van der Waals surface area contributed by atoms with Crippen LogP contribution in [0.15, 0.2) is 48.7 Å². The van der Waals surface area contributed by atoms with Crippen molar-refractivity contribution in [3.05, 3.63) is 65.4 Å². The number of amides is 1. The average molecular weight is 364 g/mol. The maximum atomic E-state index is 13.0. The molecule has 2 heterocycles. The smallest absolute Gasteiger partial charge is 0.407 e. The van der Waals surface area contributed by atoms with Gasteiger partial charge in [0.05, 0.1) is 10.9 Å². The quantitative estimate of drug-likeness (QED) is 0.671. The molecule has 1 amide bonds. The highest BCUT2D eigenvalue weighted by Crippen LogP contribution is 2.34. The molecule has 1 aliphatic rings. The lowest BCUT2D eigenvalue weighted by Crippen LogP contribution is -2.54. The summed E-state index contributed by atoms with van der Waals surface area (Å²) in [7, 11) is 0. The molecular formula is C21H20N2O4. The number of likely N-dealkylation sites (tertiary alicyclic amines) is 1. The number of carbonyl (C=O) groups excluding carboxylic acids is 1. The summed E-state index contributed by atoms with van der Waals surface area (Å²) in [6, 6.07) is 13.0. The molecule has 138 valence electrons. The predicted octanol–water partition coefficient (Wildman–Crippen LogP) is 3.99. The van der Waals surface area contributed by atoms with Crippen molar-refractivity contribution in [2.24, 2.45) is 0 Å². The van der Waals surface area contributed by atoms with Gasteiger partial charge >= 0.3 is 6.09 Å². The van der Waals surface area contributed by atoms with Gasteiger partial charge in [0.2, 0.25) is 0 Å². The van der Waals surface area contributed by atoms with Gasteiger partial charge in [0.25, 0.3) is 0 Å². The predicted molar refractivity (Wildman–Crippen MR) is 101 cm³/mol. The number of ketones is 1. The van der Waals surface area contributed by atoms with E-state index < -0.39 is 12.1 Å². The van der Waals surface area contributed by atoms with Gasteiger partial charge in [-0.1, -0.05) is 36.4 Å². The topological polar surface area (TPSA) is 82.6 Å². The van der Waals surface area contributed by atoms with Gasteiger partial charge in [-0.05, 0) is 30.5 Å². The van der Waals surface area contributed by atoms with Crippen LogP contribution in [0.1, 0.15) is 27.9 Å². The second kappa shape index (κ2) is 6.79. The van der Waals surface area contributed by atoms with Crippen LogP contribution >= 0.6 is 0 Å². The minimum absolute atomic E-state index is 0.190. The van der Waals surface area contributed by atoms with Crippen molar-refractivity contribution < 1.29 is 19.4 Å². The average Bonchev–Trinajstić information content (AvgIpc) is 3.07. The van der Waals surface area contributed by atoms with Crippen molar-refractivity contribution in [2.45, 2.75) is 26.0 Å². The zero-order valence-electron chi connectivity index (χ0n) is 14.9. The Morgan fingerprint density at radius 2 is 2.00 bits per heavy atom. The van der Waals surface area contributed by atoms with Crippen LogP contribution in [0.3, 0.4) is 0 Å². The standard InChI is InChI=1S/C21H20N2O4/c1-13-7-8-17(27-12-14-5-3-2-4-6-14)18-15(11-22-19(13)18)20(24)16-9-10-23(16)21(25)26/h2-8,11,16,22H,9-10,12H2,1H3,(H,25,26)/t16-/m1/s1. The molecule has 1 atom stereocenters. The van der Waals surface area contributed by atoms with Crippen LogP contribution in [0, 0.1) is 6.92 Å². The number of ether oxygens (including phenoxy) is 1. The molecule has 0 unspecified atom stereocenters. The fourth-order valence-electron chi connectivity index (χ4n) is 3.48. The monoisotopic (exact) mass is 364 g/mol. The molecule has 0 spiro atoms. The highest BCUT2D eigenvalue weighted by Gasteiger charge is 2.39. The van der Waals surface area contributed by atoms with Gasteiger partial charge in [-0.2, -0.15) is 0 Å². The summed E-state index contributed by atoms with van der Waals surface area (Å²) in [5.74, 6) is 0.426. The molecule has 0 saturated carbocycles. The maximum Gasteiger partial charge on any atom is 0.407 e. The van der Waals surface area contributed by atoms with E-state index in [2.05, 4.69) is 4.98 Å². The van der Waals surface area contributed by atoms with E-state index in [1.165, 1.54) is 4.90 Å². The van der Waals surface area contributed by atoms with Crippen molar-refractivity contribution in [1.29, 1.82) is 0 Å². The van der Waals surface area contributed by atoms with Crippen LogP contribution in [0.4, 0.5) is 4.79 Å². The van der Waals surface area contributed by atoms with Gasteiger partial charge in [-0.15, -0.1) is 0 Å². The lowest BCUT2D eigenvalue weighted by atomic mass is 9.93. The summed E-state index contributed by atoms with van der Waals surface area (Å²) in [6.45, 7) is 2.74. The third-order valence-electron chi connectivity index (χ3n) is 5.08. The van der Waals surface area contributed by atoms with Gasteiger partial charge in [0.1, 0.15) is 18.4 Å². The van der Waals surface area contributed by atoms with E-state index in [-0.39, 0.29) is 5.78 Å². The van der Waals surface area contributed by atoms with Gasteiger partial charge in [0.15, 0.2) is 5.78 Å². The van der Waals surface area contributed by atoms with E-state index >= 15 is 0 Å². The van der Waals surface area contributed by atoms with Gasteiger partial charge < -0.3 is 14.8 Å². The number of hydrogen-bond donors (Lipinski definition) is 2. The van der Waals surface area contributed by atoms with Gasteiger partial charge in [-0.25, -0.2) is 4.79 Å². The highest BCUT2D eigenvalue weighted by molar-refractivity contribution is 6.13. The molecule has 4 rings (SSSR count). The number of nitrogens with one attached hydrogen (secondary N) is 1. The molecular weight excluding hydrogens is 344 g/mol. The Kier molecular flexibility index (Phi) is 4.32. The Balaban J connectivity index is 1.68. The summed E-state index contributed by atoms with van der Waals surface area (Å²) in [4.78, 5) is 28.6. The molecule has 6 nitrogen and oxygen atoms in total. The molecule has 1 aromatic heterocycles. The third kappa shape index (κ3) is 3.03. The Morgan fingerprint density at radius 1 is 1.22 bits per heavy atom. The first kappa shape index (κ1) is 17.1. The number of benzene rings is 2. The number of aromatic amines is 1. The Labute approximate surface area is 156 Å². The Morgan fingerprint density at radius 3 is 2.67 bits per heavy atom. The first-order valence-electron chi connectivity index (χ1n) is 8.87. The molecule has 0 aliphatic carbocycles. The van der Waals surface area contributed by atoms with Crippen LogP contribution in [0.2, 0.25) is 0 Å². The van der Waals surface area contributed by atoms with Crippen molar-refractivity contribution in [1.82, 2.24) is 9.88 Å². The number of hydrogen-bond acceptors (Lipinski definition) is 3. The second-order valence-corrected chi connectivity index (χ2v) is 6.75. The second-order valence-electron chi connectivity index (χ2n) is 6.75. The molecule has 1 fully saturated rings. The number of fused-ring (bicyclic) bond motifs is 1. The van der Waals surface area contributed by atoms with Crippen LogP contribution in [0.25, 0.3) is 10.9 Å². The van der Waals surface area contributed by atoms with Crippen LogP contribution in [0.5, 0.6) is 5.75 Å². The fraction of sp³-hybridized carbons (Fsp3) is 0.238. The molecule has 0 radical (unpaired) electrons. The van der Waals surface area contributed by atoms with E-state index in [9.17, 15) is 14.7 Å². The summed E-state index contributed by atoms with van der Waals surface area (Å²) < 4.78 is 6.01. The molecule has 1 saturated heterocycles. The zero-order chi connectivity index (χ0) is 19.0. The lowest BCUT2D eigenvalue weighted by Gasteiger charge is -2.37. The maximum absolute atomic E-state index is 13.0. The first-order valence-corrected chi connectivity index (χ1v) is 8.87. The molecule has 27 heavy (non-hydrogen) atoms. The van der Waals surface area contributed by atoms with E-state index in [4.69, 9.17) is 4.74 Å². The number of carboxylic acid groups (broad SMARTS) is 1. The third-order valence-corrected chi connectivity index (χ3v) is 5.08. The molecule has 6 heteroatoms. The Hall–Kier alpha value is -3.28. The number of nitrogens with zero attached hydrogens (tertiary/aromatic N) is 1. The van der Waals surface area contributed by atoms with Gasteiger partial charge in [0, 0.05) is 18.3 Å². The minimum Gasteiger partial charge on any atom is -0.488 e. The van der Waals surface area contributed by atoms with E-state index in [1.807, 2.05) is 49.4 Å². The molecule has 2 aromatic carbocycles. The minimum atomic E-state index is -1.06. The van der Waals surface area contributed by atoms with Crippen molar-refractivity contribution in [3.8, 4) is 5.75 Å². The SMILES string of the molecule is Cc1ccc(OCc2ccccc2)c2c(C(=O)[C@H]3CCN3C(=O)O)c[nH]c12. The number of aromatic nitrogens is 1. The summed E-state index contributed by atoms with van der Waals surface area (Å²) in [6.07, 6.45) is 1.15. The number of carbonyl (C=O) groups is 2. The first-order chi connectivity index (χ1) is 13.1. The Bertz CT molecular complexity index is 1010. The number of rotatable bonds is 5. The zero-order valence-corrected chi connectivity index (χ0v) is 14.9. The number of aryl methyl sites for hydroxylation is 1. The summed E-state index contributed by atoms with van der Waals surface area (Å²) >= 11 is 0. The van der Waals surface area contributed by atoms with Gasteiger partial charge in [-0.3, -0.25) is 9.69 Å². The van der Waals surface area contributed by atoms with Crippen LogP contribution in [-0.2, 0) is 6.61 Å². The summed E-state index contributed by atoms with van der Waals surface area (Å²) in [5.41, 5.74) is 3.35. The number of Topliss-reactive ketones (excluding diaryl/α,β-unsaturated/α-hetero) is 1. The van der Waals surface area contributed by atoms with Crippen molar-refractivity contribution in [2.75, 3.05) is 6.54 Å². The highest BCUT2D eigenvalue weighted by atomic mass is 16.5. The van der Waals surface area contributed by atoms with Crippen LogP contribution in [-0.4, -0.2) is 39.5 Å². The molecule has 1 aliphatic heterocycles. The van der Waals surface area contributed by atoms with E-state index in [1.54, 1.807) is 6.20 Å². The number of H-pyrrole nitrogens is 1. The van der Waals surface area contributed by atoms with Crippen molar-refractivity contribution >= 4 is 22.8 Å². The molecule has 0 bridgehead atoms. The van der Waals surface area contributed by atoms with Crippen molar-refractivity contribution in [3.63, 3.8) is 0 Å². The van der Waals surface area contributed by atoms with E-state index in [0.717, 1.165) is 16.6 Å². The molecule has 2 N–H and O–H groups in total. The fourth-order valence-corrected chi connectivity index (χ4v) is 3.48. The van der Waals surface area contributed by atoms with E-state index in [0.29, 0.717) is 36.3 Å². The van der Waals surface area contributed by atoms with Crippen LogP contribution < -0.4 is 4.74 Å². The normalized spacial score (nSPS) is 16.2.